The van der Waals surface area contributed by atoms with Crippen LogP contribution < -0.4 is 19.9 Å². The minimum absolute atomic E-state index is 0.131. The highest BCUT2D eigenvalue weighted by Crippen LogP contribution is 2.26. The van der Waals surface area contributed by atoms with Gasteiger partial charge < -0.3 is 19.9 Å². The summed E-state index contributed by atoms with van der Waals surface area (Å²) in [5, 5.41) is 7.67. The van der Waals surface area contributed by atoms with Gasteiger partial charge in [0.1, 0.15) is 30.3 Å². The number of piperazine rings is 1. The minimum atomic E-state index is -4.78. The normalized spacial score (nSPS) is 14.2. The van der Waals surface area contributed by atoms with Crippen LogP contribution in [-0.4, -0.2) is 63.2 Å². The third-order valence-electron chi connectivity index (χ3n) is 5.63. The van der Waals surface area contributed by atoms with Crippen molar-refractivity contribution in [3.8, 4) is 5.75 Å². The first-order chi connectivity index (χ1) is 17.4. The van der Waals surface area contributed by atoms with Crippen molar-refractivity contribution in [1.82, 2.24) is 24.7 Å². The van der Waals surface area contributed by atoms with Gasteiger partial charge in [-0.05, 0) is 36.4 Å². The number of halogens is 3. The van der Waals surface area contributed by atoms with E-state index in [0.717, 1.165) is 55.3 Å². The summed E-state index contributed by atoms with van der Waals surface area (Å²) in [6.45, 7) is 2.91. The predicted molar refractivity (Wildman–Crippen MR) is 126 cm³/mol. The van der Waals surface area contributed by atoms with Crippen molar-refractivity contribution >= 4 is 34.3 Å². The zero-order valence-corrected chi connectivity index (χ0v) is 18.9. The van der Waals surface area contributed by atoms with Crippen molar-refractivity contribution in [2.24, 2.45) is 0 Å². The number of rotatable bonds is 6. The first kappa shape index (κ1) is 23.3. The van der Waals surface area contributed by atoms with Gasteiger partial charge in [0.15, 0.2) is 5.65 Å². The molecule has 1 fully saturated rings. The number of alkyl halides is 3. The molecule has 0 atom stereocenters. The molecule has 1 aliphatic heterocycles. The molecule has 1 amide bonds. The molecule has 4 aromatic rings. The molecule has 0 spiro atoms. The summed E-state index contributed by atoms with van der Waals surface area (Å²) in [7, 11) is 0. The lowest BCUT2D eigenvalue weighted by atomic mass is 10.2. The average Bonchev–Trinajstić information content (AvgIpc) is 3.28. The van der Waals surface area contributed by atoms with Crippen molar-refractivity contribution in [3.63, 3.8) is 0 Å². The summed E-state index contributed by atoms with van der Waals surface area (Å²) < 4.78 is 42.2. The van der Waals surface area contributed by atoms with E-state index in [2.05, 4.69) is 39.9 Å². The smallest absolute Gasteiger partial charge is 0.406 e. The van der Waals surface area contributed by atoms with Gasteiger partial charge in [0.05, 0.1) is 11.6 Å². The molecular weight excluding hydrogens is 477 g/mol. The Balaban J connectivity index is 1.24. The summed E-state index contributed by atoms with van der Waals surface area (Å²) >= 11 is 0. The van der Waals surface area contributed by atoms with Crippen molar-refractivity contribution in [2.75, 3.05) is 41.3 Å². The number of hydrogen-bond acceptors (Lipinski definition) is 8. The van der Waals surface area contributed by atoms with Crippen LogP contribution in [0.1, 0.15) is 0 Å². The zero-order valence-electron chi connectivity index (χ0n) is 18.9. The standard InChI is InChI=1S/C23H21F3N8O2/c24-23(25,26)36-17-6-4-16(5-7-17)31-20(35)14-34-22-18(13-30-34)21(28-15-29-22)33-11-9-32(10-12-33)19-3-1-2-8-27-19/h1-8,13,15H,9-12,14H2,(H,31,35). The molecular formula is C23H21F3N8O2. The lowest BCUT2D eigenvalue weighted by Gasteiger charge is -2.36. The SMILES string of the molecule is O=C(Cn1ncc2c(N3CCN(c4ccccn4)CC3)ncnc21)Nc1ccc(OC(F)(F)F)cc1. The van der Waals surface area contributed by atoms with E-state index in [0.29, 0.717) is 11.3 Å². The topological polar surface area (TPSA) is 101 Å². The van der Waals surface area contributed by atoms with E-state index in [1.807, 2.05) is 18.2 Å². The van der Waals surface area contributed by atoms with Crippen molar-refractivity contribution in [3.05, 3.63) is 61.2 Å². The van der Waals surface area contributed by atoms with Gasteiger partial charge in [0.25, 0.3) is 0 Å². The Morgan fingerprint density at radius 3 is 2.42 bits per heavy atom. The lowest BCUT2D eigenvalue weighted by Crippen LogP contribution is -2.47. The number of carbonyl (C=O) groups is 1. The van der Waals surface area contributed by atoms with E-state index >= 15 is 0 Å². The molecule has 13 heteroatoms. The molecule has 1 aromatic carbocycles. The van der Waals surface area contributed by atoms with Crippen LogP contribution in [0.3, 0.4) is 0 Å². The van der Waals surface area contributed by atoms with Crippen LogP contribution in [-0.2, 0) is 11.3 Å². The van der Waals surface area contributed by atoms with E-state index in [-0.39, 0.29) is 12.3 Å². The monoisotopic (exact) mass is 498 g/mol. The molecule has 0 unspecified atom stereocenters. The summed E-state index contributed by atoms with van der Waals surface area (Å²) in [6, 6.07) is 10.7. The molecule has 0 saturated carbocycles. The van der Waals surface area contributed by atoms with E-state index in [9.17, 15) is 18.0 Å². The molecule has 5 rings (SSSR count). The number of amides is 1. The zero-order chi connectivity index (χ0) is 25.1. The van der Waals surface area contributed by atoms with Crippen molar-refractivity contribution in [2.45, 2.75) is 12.9 Å². The molecule has 36 heavy (non-hydrogen) atoms. The summed E-state index contributed by atoms with van der Waals surface area (Å²) in [4.78, 5) is 30.1. The van der Waals surface area contributed by atoms with Crippen LogP contribution in [0.25, 0.3) is 11.0 Å². The van der Waals surface area contributed by atoms with Crippen LogP contribution in [0.5, 0.6) is 5.75 Å². The summed E-state index contributed by atoms with van der Waals surface area (Å²) in [5.41, 5.74) is 0.836. The highest BCUT2D eigenvalue weighted by molar-refractivity contribution is 5.92. The maximum atomic E-state index is 12.5. The lowest BCUT2D eigenvalue weighted by molar-refractivity contribution is -0.274. The molecule has 186 valence electrons. The van der Waals surface area contributed by atoms with Gasteiger partial charge in [-0.1, -0.05) is 6.07 Å². The fourth-order valence-electron chi connectivity index (χ4n) is 4.01. The Morgan fingerprint density at radius 2 is 1.72 bits per heavy atom. The van der Waals surface area contributed by atoms with Gasteiger partial charge >= 0.3 is 6.36 Å². The number of carbonyl (C=O) groups excluding carboxylic acids is 1. The number of nitrogens with zero attached hydrogens (tertiary/aromatic N) is 7. The molecule has 10 nitrogen and oxygen atoms in total. The second-order valence-electron chi connectivity index (χ2n) is 8.02. The molecule has 0 aliphatic carbocycles. The van der Waals surface area contributed by atoms with Crippen LogP contribution in [0, 0.1) is 0 Å². The number of pyridine rings is 1. The maximum absolute atomic E-state index is 12.5. The van der Waals surface area contributed by atoms with Gasteiger partial charge in [-0.2, -0.15) is 5.10 Å². The van der Waals surface area contributed by atoms with E-state index in [4.69, 9.17) is 0 Å². The first-order valence-corrected chi connectivity index (χ1v) is 11.1. The van der Waals surface area contributed by atoms with Gasteiger partial charge in [-0.15, -0.1) is 13.2 Å². The van der Waals surface area contributed by atoms with Crippen molar-refractivity contribution < 1.29 is 22.7 Å². The molecule has 0 radical (unpaired) electrons. The fraction of sp³-hybridized carbons (Fsp3) is 0.261. The number of aromatic nitrogens is 5. The van der Waals surface area contributed by atoms with Crippen LogP contribution in [0.2, 0.25) is 0 Å². The second kappa shape index (κ2) is 9.68. The van der Waals surface area contributed by atoms with Crippen LogP contribution in [0.15, 0.2) is 61.2 Å². The van der Waals surface area contributed by atoms with Crippen LogP contribution in [0.4, 0.5) is 30.5 Å². The Hall–Kier alpha value is -4.42. The Labute approximate surface area is 203 Å². The number of ether oxygens (including phenoxy) is 1. The molecule has 0 bridgehead atoms. The fourth-order valence-corrected chi connectivity index (χ4v) is 4.01. The number of benzene rings is 1. The molecule has 4 heterocycles. The number of anilines is 3. The number of hydrogen-bond donors (Lipinski definition) is 1. The average molecular weight is 498 g/mol. The van der Waals surface area contributed by atoms with Gasteiger partial charge in [-0.25, -0.2) is 19.6 Å². The van der Waals surface area contributed by atoms with E-state index < -0.39 is 12.3 Å². The Bertz CT molecular complexity index is 1340. The third kappa shape index (κ3) is 5.29. The van der Waals surface area contributed by atoms with Crippen LogP contribution >= 0.6 is 0 Å². The third-order valence-corrected chi connectivity index (χ3v) is 5.63. The molecule has 3 aromatic heterocycles. The van der Waals surface area contributed by atoms with E-state index in [1.54, 1.807) is 12.4 Å². The summed E-state index contributed by atoms with van der Waals surface area (Å²) in [5.74, 6) is 0.899. The summed E-state index contributed by atoms with van der Waals surface area (Å²) in [6.07, 6.45) is 0.0709. The first-order valence-electron chi connectivity index (χ1n) is 11.1. The van der Waals surface area contributed by atoms with Gasteiger partial charge in [0.2, 0.25) is 5.91 Å². The number of fused-ring (bicyclic) bond motifs is 1. The van der Waals surface area contributed by atoms with E-state index in [1.165, 1.54) is 23.1 Å². The number of nitrogens with one attached hydrogen (secondary N) is 1. The quantitative estimate of drug-likeness (QED) is 0.433. The molecule has 1 aliphatic rings. The van der Waals surface area contributed by atoms with Crippen molar-refractivity contribution in [1.29, 1.82) is 0 Å². The predicted octanol–water partition coefficient (Wildman–Crippen LogP) is 3.09. The largest absolute Gasteiger partial charge is 0.573 e. The molecule has 1 saturated heterocycles. The molecule has 1 N–H and O–H groups in total. The van der Waals surface area contributed by atoms with Gasteiger partial charge in [0, 0.05) is 38.1 Å². The minimum Gasteiger partial charge on any atom is -0.406 e. The second-order valence-corrected chi connectivity index (χ2v) is 8.02. The highest BCUT2D eigenvalue weighted by Gasteiger charge is 2.31. The Kier molecular flexibility index (Phi) is 6.27. The Morgan fingerprint density at radius 1 is 0.972 bits per heavy atom. The van der Waals surface area contributed by atoms with Gasteiger partial charge in [-0.3, -0.25) is 4.79 Å². The maximum Gasteiger partial charge on any atom is 0.573 e. The highest BCUT2D eigenvalue weighted by atomic mass is 19.4.